The first-order valence-corrected chi connectivity index (χ1v) is 5.24. The second-order valence-electron chi connectivity index (χ2n) is 3.95. The predicted molar refractivity (Wildman–Crippen MR) is 63.8 cm³/mol. The molecule has 0 bridgehead atoms. The third-order valence-electron chi connectivity index (χ3n) is 2.85. The molecule has 0 unspecified atom stereocenters. The zero-order valence-electron chi connectivity index (χ0n) is 9.82. The van der Waals surface area contributed by atoms with Crippen molar-refractivity contribution in [2.75, 3.05) is 0 Å². The summed E-state index contributed by atoms with van der Waals surface area (Å²) >= 11 is 0. The number of hydrogen-bond acceptors (Lipinski definition) is 3. The van der Waals surface area contributed by atoms with Crippen molar-refractivity contribution in [1.29, 1.82) is 0 Å². The van der Waals surface area contributed by atoms with E-state index < -0.39 is 22.9 Å². The van der Waals surface area contributed by atoms with E-state index >= 15 is 0 Å². The minimum atomic E-state index is -1.38. The molecule has 1 aromatic carbocycles. The van der Waals surface area contributed by atoms with Gasteiger partial charge in [-0.1, -0.05) is 12.1 Å². The topological polar surface area (TPSA) is 75.1 Å². The number of nitrogens with one attached hydrogen (secondary N) is 1. The van der Waals surface area contributed by atoms with Gasteiger partial charge in [0.25, 0.3) is 5.56 Å². The third-order valence-corrected chi connectivity index (χ3v) is 2.85. The molecule has 0 fully saturated rings. The molecule has 0 spiro atoms. The molecule has 0 saturated carbocycles. The first-order valence-electron chi connectivity index (χ1n) is 5.24. The summed E-state index contributed by atoms with van der Waals surface area (Å²) in [6, 6.07) is 5.05. The monoisotopic (exact) mass is 250 g/mol. The Morgan fingerprint density at radius 1 is 1.28 bits per heavy atom. The molecule has 18 heavy (non-hydrogen) atoms. The van der Waals surface area contributed by atoms with Crippen molar-refractivity contribution < 1.29 is 9.50 Å². The summed E-state index contributed by atoms with van der Waals surface area (Å²) < 4.78 is 14.1. The van der Waals surface area contributed by atoms with Crippen molar-refractivity contribution in [1.82, 2.24) is 9.55 Å². The van der Waals surface area contributed by atoms with E-state index in [0.29, 0.717) is 11.3 Å². The number of nitrogens with zero attached hydrogens (tertiary/aromatic N) is 1. The van der Waals surface area contributed by atoms with Crippen molar-refractivity contribution in [2.24, 2.45) is 0 Å². The van der Waals surface area contributed by atoms with Gasteiger partial charge < -0.3 is 5.11 Å². The largest absolute Gasteiger partial charge is 0.492 e. The van der Waals surface area contributed by atoms with Gasteiger partial charge in [0.05, 0.1) is 5.69 Å². The maximum Gasteiger partial charge on any atom is 0.335 e. The van der Waals surface area contributed by atoms with E-state index in [0.717, 1.165) is 10.1 Å². The van der Waals surface area contributed by atoms with Crippen LogP contribution in [0.25, 0.3) is 5.69 Å². The molecular weight excluding hydrogens is 239 g/mol. The lowest BCUT2D eigenvalue weighted by Gasteiger charge is -2.12. The SMILES string of the molecule is Cc1cccc(-n2c(O)c(F)c(=O)[nH]c2=O)c1C. The molecule has 0 saturated heterocycles. The Morgan fingerprint density at radius 2 is 1.94 bits per heavy atom. The zero-order chi connectivity index (χ0) is 13.4. The molecule has 0 aliphatic rings. The smallest absolute Gasteiger partial charge is 0.335 e. The van der Waals surface area contributed by atoms with Crippen LogP contribution in [0, 0.1) is 19.7 Å². The highest BCUT2D eigenvalue weighted by molar-refractivity contribution is 5.46. The van der Waals surface area contributed by atoms with Gasteiger partial charge in [0, 0.05) is 0 Å². The quantitative estimate of drug-likeness (QED) is 0.792. The van der Waals surface area contributed by atoms with Gasteiger partial charge in [-0.15, -0.1) is 0 Å². The van der Waals surface area contributed by atoms with Crippen LogP contribution in [-0.4, -0.2) is 14.7 Å². The van der Waals surface area contributed by atoms with E-state index in [4.69, 9.17) is 0 Å². The van der Waals surface area contributed by atoms with Gasteiger partial charge in [0.15, 0.2) is 0 Å². The summed E-state index contributed by atoms with van der Waals surface area (Å²) in [6.45, 7) is 3.56. The van der Waals surface area contributed by atoms with Crippen LogP contribution in [0.1, 0.15) is 11.1 Å². The number of hydrogen-bond donors (Lipinski definition) is 2. The molecule has 0 aliphatic carbocycles. The molecular formula is C12H11FN2O3. The minimum Gasteiger partial charge on any atom is -0.492 e. The van der Waals surface area contributed by atoms with Crippen molar-refractivity contribution in [2.45, 2.75) is 13.8 Å². The maximum absolute atomic E-state index is 13.3. The summed E-state index contributed by atoms with van der Waals surface area (Å²) in [5, 5.41) is 9.60. The number of halogens is 1. The van der Waals surface area contributed by atoms with Crippen LogP contribution in [0.15, 0.2) is 27.8 Å². The molecule has 1 heterocycles. The Balaban J connectivity index is 2.88. The second-order valence-corrected chi connectivity index (χ2v) is 3.95. The second kappa shape index (κ2) is 4.14. The van der Waals surface area contributed by atoms with Crippen LogP contribution in [0.2, 0.25) is 0 Å². The molecule has 5 nitrogen and oxygen atoms in total. The Morgan fingerprint density at radius 3 is 2.61 bits per heavy atom. The van der Waals surface area contributed by atoms with E-state index in [2.05, 4.69) is 0 Å². The molecule has 2 rings (SSSR count). The predicted octanol–water partition coefficient (Wildman–Crippen LogP) is 0.987. The lowest BCUT2D eigenvalue weighted by atomic mass is 10.1. The van der Waals surface area contributed by atoms with Gasteiger partial charge >= 0.3 is 5.69 Å². The fourth-order valence-electron chi connectivity index (χ4n) is 1.71. The first-order chi connectivity index (χ1) is 8.43. The first kappa shape index (κ1) is 12.1. The maximum atomic E-state index is 13.3. The highest BCUT2D eigenvalue weighted by Crippen LogP contribution is 2.20. The normalized spacial score (nSPS) is 10.6. The van der Waals surface area contributed by atoms with Crippen LogP contribution >= 0.6 is 0 Å². The number of benzene rings is 1. The summed E-state index contributed by atoms with van der Waals surface area (Å²) in [4.78, 5) is 24.5. The van der Waals surface area contributed by atoms with Crippen LogP contribution in [-0.2, 0) is 0 Å². The van der Waals surface area contributed by atoms with Crippen molar-refractivity contribution in [3.8, 4) is 11.6 Å². The van der Waals surface area contributed by atoms with Crippen LogP contribution in [0.3, 0.4) is 0 Å². The van der Waals surface area contributed by atoms with Gasteiger partial charge in [-0.05, 0) is 31.0 Å². The fraction of sp³-hybridized carbons (Fsp3) is 0.167. The van der Waals surface area contributed by atoms with Gasteiger partial charge in [-0.25, -0.2) is 9.36 Å². The highest BCUT2D eigenvalue weighted by Gasteiger charge is 2.16. The Hall–Kier alpha value is -2.37. The number of aryl methyl sites for hydroxylation is 1. The van der Waals surface area contributed by atoms with Crippen LogP contribution in [0.5, 0.6) is 5.88 Å². The van der Waals surface area contributed by atoms with Gasteiger partial charge in [0.2, 0.25) is 11.7 Å². The number of aromatic nitrogens is 2. The lowest BCUT2D eigenvalue weighted by Crippen LogP contribution is -2.31. The average molecular weight is 250 g/mol. The number of aromatic hydroxyl groups is 1. The Bertz CT molecular complexity index is 731. The fourth-order valence-corrected chi connectivity index (χ4v) is 1.71. The Labute approximate surface area is 101 Å². The summed E-state index contributed by atoms with van der Waals surface area (Å²) in [6.07, 6.45) is 0. The van der Waals surface area contributed by atoms with Gasteiger partial charge in [-0.2, -0.15) is 4.39 Å². The average Bonchev–Trinajstić information content (AvgIpc) is 2.32. The molecule has 2 aromatic rings. The van der Waals surface area contributed by atoms with E-state index in [1.54, 1.807) is 19.1 Å². The van der Waals surface area contributed by atoms with Crippen molar-refractivity contribution >= 4 is 0 Å². The number of H-pyrrole nitrogens is 1. The molecule has 0 amide bonds. The minimum absolute atomic E-state index is 0.327. The van der Waals surface area contributed by atoms with Gasteiger partial charge in [-0.3, -0.25) is 9.78 Å². The standard InChI is InChI=1S/C12H11FN2O3/c1-6-4-3-5-8(7(6)2)15-11(17)9(13)10(16)14-12(15)18/h3-5,17H,1-2H3,(H,14,16,18). The third kappa shape index (κ3) is 1.71. The summed E-state index contributed by atoms with van der Waals surface area (Å²) in [7, 11) is 0. The number of aromatic amines is 1. The molecule has 0 aliphatic heterocycles. The molecule has 6 heteroatoms. The highest BCUT2D eigenvalue weighted by atomic mass is 19.1. The molecule has 1 aromatic heterocycles. The summed E-state index contributed by atoms with van der Waals surface area (Å²) in [5.41, 5.74) is -0.203. The van der Waals surface area contributed by atoms with Gasteiger partial charge in [0.1, 0.15) is 0 Å². The molecule has 94 valence electrons. The zero-order valence-corrected chi connectivity index (χ0v) is 9.82. The van der Waals surface area contributed by atoms with E-state index in [9.17, 15) is 19.1 Å². The molecule has 0 atom stereocenters. The van der Waals surface area contributed by atoms with Crippen molar-refractivity contribution in [3.63, 3.8) is 0 Å². The van der Waals surface area contributed by atoms with Crippen LogP contribution in [0.4, 0.5) is 4.39 Å². The molecule has 0 radical (unpaired) electrons. The van der Waals surface area contributed by atoms with Crippen LogP contribution < -0.4 is 11.2 Å². The van der Waals surface area contributed by atoms with E-state index in [1.807, 2.05) is 18.0 Å². The van der Waals surface area contributed by atoms with E-state index in [1.165, 1.54) is 0 Å². The van der Waals surface area contributed by atoms with E-state index in [-0.39, 0.29) is 0 Å². The number of rotatable bonds is 1. The lowest BCUT2D eigenvalue weighted by molar-refractivity contribution is 0.386. The summed E-state index contributed by atoms with van der Waals surface area (Å²) in [5.74, 6) is -2.37. The molecule has 2 N–H and O–H groups in total. The van der Waals surface area contributed by atoms with Crippen molar-refractivity contribution in [3.05, 3.63) is 56.0 Å². The Kier molecular flexibility index (Phi) is 2.78.